The van der Waals surface area contributed by atoms with Crippen molar-refractivity contribution in [2.24, 2.45) is 5.73 Å². The first-order valence-electron chi connectivity index (χ1n) is 7.20. The second-order valence-electron chi connectivity index (χ2n) is 5.10. The van der Waals surface area contributed by atoms with Gasteiger partial charge in [0.1, 0.15) is 5.75 Å². The average Bonchev–Trinajstić information content (AvgIpc) is 2.92. The fourth-order valence-corrected chi connectivity index (χ4v) is 2.35. The standard InChI is InChI=1S/C16H18N4O2/c1-3-22-14-7-5-4-6-11(14)13-8-15-18-12(10(2)17)9-16(21)20(15)19-13/h4-10,19H,3,17H2,1-2H3. The minimum absolute atomic E-state index is 0.183. The molecule has 0 aliphatic carbocycles. The minimum atomic E-state index is -0.285. The van der Waals surface area contributed by atoms with Gasteiger partial charge in [0, 0.05) is 23.7 Å². The van der Waals surface area contributed by atoms with Crippen molar-refractivity contribution in [3.05, 3.63) is 52.4 Å². The molecule has 3 aromatic rings. The fourth-order valence-electron chi connectivity index (χ4n) is 2.35. The largest absolute Gasteiger partial charge is 0.493 e. The lowest BCUT2D eigenvalue weighted by Gasteiger charge is -2.07. The van der Waals surface area contributed by atoms with Gasteiger partial charge in [0.25, 0.3) is 5.56 Å². The Labute approximate surface area is 127 Å². The van der Waals surface area contributed by atoms with Crippen molar-refractivity contribution in [2.75, 3.05) is 6.61 Å². The summed E-state index contributed by atoms with van der Waals surface area (Å²) in [4.78, 5) is 16.6. The maximum Gasteiger partial charge on any atom is 0.272 e. The van der Waals surface area contributed by atoms with Gasteiger partial charge in [-0.15, -0.1) is 0 Å². The number of aromatic amines is 1. The van der Waals surface area contributed by atoms with Gasteiger partial charge in [-0.05, 0) is 26.0 Å². The summed E-state index contributed by atoms with van der Waals surface area (Å²) < 4.78 is 7.04. The third-order valence-corrected chi connectivity index (χ3v) is 3.41. The molecule has 0 bridgehead atoms. The summed E-state index contributed by atoms with van der Waals surface area (Å²) >= 11 is 0. The number of H-pyrrole nitrogens is 1. The van der Waals surface area contributed by atoms with Crippen LogP contribution in [0.4, 0.5) is 0 Å². The zero-order valence-corrected chi connectivity index (χ0v) is 12.5. The van der Waals surface area contributed by atoms with E-state index in [4.69, 9.17) is 10.5 Å². The molecule has 6 nitrogen and oxygen atoms in total. The van der Waals surface area contributed by atoms with Crippen LogP contribution in [0.2, 0.25) is 0 Å². The Bertz CT molecular complexity index is 864. The lowest BCUT2D eigenvalue weighted by Crippen LogP contribution is -2.18. The summed E-state index contributed by atoms with van der Waals surface area (Å²) in [6.45, 7) is 4.31. The third-order valence-electron chi connectivity index (χ3n) is 3.41. The first-order chi connectivity index (χ1) is 10.6. The number of nitrogens with one attached hydrogen (secondary N) is 1. The molecule has 6 heteroatoms. The van der Waals surface area contributed by atoms with Gasteiger partial charge >= 0.3 is 0 Å². The molecule has 1 unspecified atom stereocenters. The Kier molecular flexibility index (Phi) is 3.68. The Balaban J connectivity index is 2.17. The molecule has 0 aliphatic rings. The van der Waals surface area contributed by atoms with E-state index in [1.54, 1.807) is 6.92 Å². The van der Waals surface area contributed by atoms with Crippen molar-refractivity contribution in [3.8, 4) is 17.0 Å². The molecule has 2 aromatic heterocycles. The van der Waals surface area contributed by atoms with Crippen molar-refractivity contribution in [1.29, 1.82) is 0 Å². The molecule has 0 fully saturated rings. The number of nitrogens with two attached hydrogens (primary N) is 1. The highest BCUT2D eigenvalue weighted by molar-refractivity contribution is 5.70. The normalized spacial score (nSPS) is 12.5. The second-order valence-corrected chi connectivity index (χ2v) is 5.10. The van der Waals surface area contributed by atoms with Crippen LogP contribution in [0.25, 0.3) is 16.9 Å². The molecule has 0 spiro atoms. The van der Waals surface area contributed by atoms with Crippen molar-refractivity contribution in [1.82, 2.24) is 14.6 Å². The van der Waals surface area contributed by atoms with Crippen LogP contribution in [0.5, 0.6) is 5.75 Å². The number of aromatic nitrogens is 3. The Morgan fingerprint density at radius 1 is 1.36 bits per heavy atom. The van der Waals surface area contributed by atoms with Crippen molar-refractivity contribution in [2.45, 2.75) is 19.9 Å². The van der Waals surface area contributed by atoms with Gasteiger partial charge < -0.3 is 10.5 Å². The van der Waals surface area contributed by atoms with Crippen LogP contribution in [0.15, 0.2) is 41.2 Å². The van der Waals surface area contributed by atoms with Gasteiger partial charge in [-0.3, -0.25) is 9.89 Å². The molecule has 1 atom stereocenters. The van der Waals surface area contributed by atoms with Gasteiger partial charge in [0.05, 0.1) is 18.0 Å². The van der Waals surface area contributed by atoms with Crippen molar-refractivity contribution >= 4 is 5.65 Å². The highest BCUT2D eigenvalue weighted by Gasteiger charge is 2.12. The van der Waals surface area contributed by atoms with Crippen LogP contribution >= 0.6 is 0 Å². The molecule has 0 saturated carbocycles. The quantitative estimate of drug-likeness (QED) is 0.772. The molecule has 0 aliphatic heterocycles. The van der Waals surface area contributed by atoms with E-state index in [2.05, 4.69) is 10.1 Å². The van der Waals surface area contributed by atoms with E-state index in [0.717, 1.165) is 17.0 Å². The van der Waals surface area contributed by atoms with Gasteiger partial charge in [-0.1, -0.05) is 12.1 Å². The van der Waals surface area contributed by atoms with E-state index in [9.17, 15) is 4.79 Å². The minimum Gasteiger partial charge on any atom is -0.493 e. The molecule has 0 amide bonds. The van der Waals surface area contributed by atoms with E-state index in [1.807, 2.05) is 37.3 Å². The van der Waals surface area contributed by atoms with Gasteiger partial charge in [-0.25, -0.2) is 9.50 Å². The summed E-state index contributed by atoms with van der Waals surface area (Å²) in [6, 6.07) is 10.7. The van der Waals surface area contributed by atoms with E-state index in [0.29, 0.717) is 17.9 Å². The maximum absolute atomic E-state index is 12.2. The number of rotatable bonds is 4. The summed E-state index contributed by atoms with van der Waals surface area (Å²) in [7, 11) is 0. The predicted molar refractivity (Wildman–Crippen MR) is 85.0 cm³/mol. The first kappa shape index (κ1) is 14.3. The van der Waals surface area contributed by atoms with Crippen LogP contribution in [0, 0.1) is 0 Å². The average molecular weight is 298 g/mol. The molecule has 114 valence electrons. The molecule has 1 aromatic carbocycles. The van der Waals surface area contributed by atoms with Crippen molar-refractivity contribution in [3.63, 3.8) is 0 Å². The zero-order valence-electron chi connectivity index (χ0n) is 12.5. The van der Waals surface area contributed by atoms with Crippen LogP contribution < -0.4 is 16.0 Å². The van der Waals surface area contributed by atoms with Crippen LogP contribution in [-0.4, -0.2) is 21.2 Å². The fraction of sp³-hybridized carbons (Fsp3) is 0.250. The number of nitrogens with zero attached hydrogens (tertiary/aromatic N) is 2. The van der Waals surface area contributed by atoms with E-state index in [1.165, 1.54) is 10.6 Å². The van der Waals surface area contributed by atoms with Crippen LogP contribution in [0.3, 0.4) is 0 Å². The molecule has 2 heterocycles. The Morgan fingerprint density at radius 2 is 2.14 bits per heavy atom. The number of ether oxygens (including phenoxy) is 1. The number of hydrogen-bond donors (Lipinski definition) is 2. The van der Waals surface area contributed by atoms with Gasteiger partial charge in [-0.2, -0.15) is 0 Å². The molecule has 22 heavy (non-hydrogen) atoms. The van der Waals surface area contributed by atoms with E-state index < -0.39 is 0 Å². The second kappa shape index (κ2) is 5.65. The van der Waals surface area contributed by atoms with Gasteiger partial charge in [0.15, 0.2) is 5.65 Å². The number of hydrogen-bond acceptors (Lipinski definition) is 4. The van der Waals surface area contributed by atoms with Crippen LogP contribution in [-0.2, 0) is 0 Å². The molecular weight excluding hydrogens is 280 g/mol. The smallest absolute Gasteiger partial charge is 0.272 e. The summed E-state index contributed by atoms with van der Waals surface area (Å²) in [6.07, 6.45) is 0. The highest BCUT2D eigenvalue weighted by atomic mass is 16.5. The van der Waals surface area contributed by atoms with Crippen molar-refractivity contribution < 1.29 is 4.74 Å². The Morgan fingerprint density at radius 3 is 2.86 bits per heavy atom. The topological polar surface area (TPSA) is 85.4 Å². The Hall–Kier alpha value is -2.60. The summed E-state index contributed by atoms with van der Waals surface area (Å²) in [5.74, 6) is 0.761. The summed E-state index contributed by atoms with van der Waals surface area (Å²) in [5.41, 5.74) is 8.41. The summed E-state index contributed by atoms with van der Waals surface area (Å²) in [5, 5.41) is 3.07. The number of para-hydroxylation sites is 1. The lowest BCUT2D eigenvalue weighted by atomic mass is 10.1. The number of benzene rings is 1. The lowest BCUT2D eigenvalue weighted by molar-refractivity contribution is 0.341. The monoisotopic (exact) mass is 298 g/mol. The third kappa shape index (κ3) is 2.48. The van der Waals surface area contributed by atoms with Crippen LogP contribution in [0.1, 0.15) is 25.6 Å². The molecule has 3 N–H and O–H groups in total. The van der Waals surface area contributed by atoms with Gasteiger partial charge in [0.2, 0.25) is 0 Å². The predicted octanol–water partition coefficient (Wildman–Crippen LogP) is 2.11. The molecule has 0 radical (unpaired) electrons. The molecule has 3 rings (SSSR count). The number of fused-ring (bicyclic) bond motifs is 1. The first-order valence-corrected chi connectivity index (χ1v) is 7.20. The maximum atomic E-state index is 12.2. The molecule has 0 saturated heterocycles. The van der Waals surface area contributed by atoms with E-state index >= 15 is 0 Å². The van der Waals surface area contributed by atoms with E-state index in [-0.39, 0.29) is 11.6 Å². The zero-order chi connectivity index (χ0) is 15.7. The SMILES string of the molecule is CCOc1ccccc1-c1cc2nc(C(C)N)cc(=O)n2[nH]1. The molecular formula is C16H18N4O2. The highest BCUT2D eigenvalue weighted by Crippen LogP contribution is 2.29.